The lowest BCUT2D eigenvalue weighted by molar-refractivity contribution is 0.386. The first-order valence-corrected chi connectivity index (χ1v) is 8.78. The average Bonchev–Trinajstić information content (AvgIpc) is 3.21. The van der Waals surface area contributed by atoms with E-state index >= 15 is 0 Å². The zero-order chi connectivity index (χ0) is 14.8. The highest BCUT2D eigenvalue weighted by molar-refractivity contribution is 7.89. The van der Waals surface area contributed by atoms with E-state index in [1.54, 1.807) is 18.2 Å². The van der Waals surface area contributed by atoms with Crippen LogP contribution in [0.2, 0.25) is 0 Å². The monoisotopic (exact) mass is 299 g/mol. The van der Waals surface area contributed by atoms with E-state index in [0.717, 1.165) is 19.3 Å². The Kier molecular flexibility index (Phi) is 4.81. The lowest BCUT2D eigenvalue weighted by Crippen LogP contribution is -2.36. The minimum atomic E-state index is -3.32. The van der Waals surface area contributed by atoms with E-state index in [0.29, 0.717) is 5.56 Å². The van der Waals surface area contributed by atoms with Crippen molar-refractivity contribution in [1.29, 1.82) is 0 Å². The molecule has 1 fully saturated rings. The van der Waals surface area contributed by atoms with Crippen LogP contribution in [-0.4, -0.2) is 24.5 Å². The van der Waals surface area contributed by atoms with Crippen molar-refractivity contribution in [2.24, 2.45) is 5.92 Å². The molecule has 0 aliphatic heterocycles. The van der Waals surface area contributed by atoms with Crippen molar-refractivity contribution in [3.8, 4) is 0 Å². The van der Waals surface area contributed by atoms with Crippen molar-refractivity contribution in [2.45, 2.75) is 45.7 Å². The topological polar surface area (TPSA) is 37.4 Å². The van der Waals surface area contributed by atoms with Gasteiger partial charge in [0.1, 0.15) is 5.82 Å². The van der Waals surface area contributed by atoms with Crippen LogP contribution < -0.4 is 0 Å². The number of nitrogens with zero attached hydrogens (tertiary/aromatic N) is 1. The second-order valence-corrected chi connectivity index (χ2v) is 7.63. The highest BCUT2D eigenvalue weighted by Gasteiger charge is 2.37. The van der Waals surface area contributed by atoms with Crippen LogP contribution in [0.3, 0.4) is 0 Å². The van der Waals surface area contributed by atoms with Gasteiger partial charge in [0.2, 0.25) is 10.0 Å². The fraction of sp³-hybridized carbons (Fsp3) is 0.600. The molecule has 2 rings (SSSR count). The number of hydrogen-bond acceptors (Lipinski definition) is 2. The molecule has 1 atom stereocenters. The maximum Gasteiger partial charge on any atom is 0.214 e. The van der Waals surface area contributed by atoms with Crippen molar-refractivity contribution in [3.05, 3.63) is 35.6 Å². The molecule has 5 heteroatoms. The van der Waals surface area contributed by atoms with Crippen molar-refractivity contribution >= 4 is 10.0 Å². The standard InChI is InChI=1S/C15H22FNO2S/c1-3-12(2)11-20(18,19)17(14-8-9-14)10-13-6-4-5-7-15(13)16/h4-7,12,14H,3,8-11H2,1-2H3. The van der Waals surface area contributed by atoms with Gasteiger partial charge in [-0.25, -0.2) is 12.8 Å². The Morgan fingerprint density at radius 1 is 1.35 bits per heavy atom. The summed E-state index contributed by atoms with van der Waals surface area (Å²) in [5.41, 5.74) is 0.451. The first kappa shape index (κ1) is 15.4. The molecule has 1 aliphatic carbocycles. The highest BCUT2D eigenvalue weighted by atomic mass is 32.2. The Hall–Kier alpha value is -0.940. The molecule has 0 radical (unpaired) electrons. The summed E-state index contributed by atoms with van der Waals surface area (Å²) in [4.78, 5) is 0. The van der Waals surface area contributed by atoms with Crippen molar-refractivity contribution in [3.63, 3.8) is 0 Å². The average molecular weight is 299 g/mol. The quantitative estimate of drug-likeness (QED) is 0.775. The van der Waals surface area contributed by atoms with E-state index in [9.17, 15) is 12.8 Å². The second-order valence-electron chi connectivity index (χ2n) is 5.66. The molecular weight excluding hydrogens is 277 g/mol. The van der Waals surface area contributed by atoms with Crippen LogP contribution in [0, 0.1) is 11.7 Å². The van der Waals surface area contributed by atoms with Gasteiger partial charge in [0.05, 0.1) is 5.75 Å². The summed E-state index contributed by atoms with van der Waals surface area (Å²) in [5, 5.41) is 0. The van der Waals surface area contributed by atoms with Crippen LogP contribution in [0.25, 0.3) is 0 Å². The lowest BCUT2D eigenvalue weighted by Gasteiger charge is -2.23. The second kappa shape index (κ2) is 6.22. The highest BCUT2D eigenvalue weighted by Crippen LogP contribution is 2.32. The van der Waals surface area contributed by atoms with E-state index in [1.807, 2.05) is 13.8 Å². The van der Waals surface area contributed by atoms with Crippen LogP contribution in [0.4, 0.5) is 4.39 Å². The van der Waals surface area contributed by atoms with Gasteiger partial charge in [-0.15, -0.1) is 0 Å². The largest absolute Gasteiger partial charge is 0.214 e. The molecule has 0 aromatic heterocycles. The normalized spacial score (nSPS) is 17.4. The van der Waals surface area contributed by atoms with Crippen molar-refractivity contribution in [1.82, 2.24) is 4.31 Å². The van der Waals surface area contributed by atoms with Gasteiger partial charge in [-0.05, 0) is 24.8 Å². The SMILES string of the molecule is CCC(C)CS(=O)(=O)N(Cc1ccccc1F)C1CC1. The lowest BCUT2D eigenvalue weighted by atomic mass is 10.2. The molecule has 0 N–H and O–H groups in total. The van der Waals surface area contributed by atoms with E-state index in [4.69, 9.17) is 0 Å². The van der Waals surface area contributed by atoms with Gasteiger partial charge in [-0.1, -0.05) is 38.5 Å². The number of benzene rings is 1. The summed E-state index contributed by atoms with van der Waals surface area (Å²) < 4.78 is 40.2. The number of hydrogen-bond donors (Lipinski definition) is 0. The van der Waals surface area contributed by atoms with E-state index in [2.05, 4.69) is 0 Å². The molecule has 1 aliphatic rings. The maximum atomic E-state index is 13.7. The Morgan fingerprint density at radius 2 is 2.00 bits per heavy atom. The molecule has 0 saturated heterocycles. The fourth-order valence-electron chi connectivity index (χ4n) is 2.18. The zero-order valence-corrected chi connectivity index (χ0v) is 12.9. The summed E-state index contributed by atoms with van der Waals surface area (Å²) in [6.45, 7) is 4.07. The summed E-state index contributed by atoms with van der Waals surface area (Å²) in [7, 11) is -3.32. The number of sulfonamides is 1. The predicted octanol–water partition coefficient (Wildman–Crippen LogP) is 3.17. The van der Waals surface area contributed by atoms with Gasteiger partial charge < -0.3 is 0 Å². The van der Waals surface area contributed by atoms with Crippen LogP contribution in [0.1, 0.15) is 38.7 Å². The predicted molar refractivity (Wildman–Crippen MR) is 78.2 cm³/mol. The van der Waals surface area contributed by atoms with E-state index < -0.39 is 10.0 Å². The minimum absolute atomic E-state index is 0.0589. The van der Waals surface area contributed by atoms with E-state index in [1.165, 1.54) is 10.4 Å². The van der Waals surface area contributed by atoms with Gasteiger partial charge in [0, 0.05) is 18.2 Å². The van der Waals surface area contributed by atoms with Gasteiger partial charge in [0.15, 0.2) is 0 Å². The third-order valence-electron chi connectivity index (χ3n) is 3.79. The van der Waals surface area contributed by atoms with Crippen LogP contribution >= 0.6 is 0 Å². The third-order valence-corrected chi connectivity index (χ3v) is 5.92. The number of halogens is 1. The first-order chi connectivity index (χ1) is 9.44. The van der Waals surface area contributed by atoms with Crippen LogP contribution in [0.5, 0.6) is 0 Å². The zero-order valence-electron chi connectivity index (χ0n) is 12.0. The fourth-order valence-corrected chi connectivity index (χ4v) is 4.33. The molecule has 1 aromatic rings. The number of rotatable bonds is 7. The molecule has 0 amide bonds. The molecule has 20 heavy (non-hydrogen) atoms. The molecular formula is C15H22FNO2S. The summed E-state index contributed by atoms with van der Waals surface area (Å²) >= 11 is 0. The van der Waals surface area contributed by atoms with Gasteiger partial charge >= 0.3 is 0 Å². The molecule has 1 saturated carbocycles. The van der Waals surface area contributed by atoms with Crippen molar-refractivity contribution < 1.29 is 12.8 Å². The van der Waals surface area contributed by atoms with Crippen LogP contribution in [0.15, 0.2) is 24.3 Å². The molecule has 1 unspecified atom stereocenters. The Morgan fingerprint density at radius 3 is 2.55 bits per heavy atom. The van der Waals surface area contributed by atoms with Gasteiger partial charge in [0.25, 0.3) is 0 Å². The molecule has 0 bridgehead atoms. The third kappa shape index (κ3) is 3.79. The summed E-state index contributed by atoms with van der Waals surface area (Å²) in [6, 6.07) is 6.45. The van der Waals surface area contributed by atoms with Crippen molar-refractivity contribution in [2.75, 3.05) is 5.75 Å². The Balaban J connectivity index is 2.17. The van der Waals surface area contributed by atoms with Gasteiger partial charge in [-0.3, -0.25) is 0 Å². The maximum absolute atomic E-state index is 13.7. The Bertz CT molecular complexity index is 555. The minimum Gasteiger partial charge on any atom is -0.212 e. The molecule has 0 heterocycles. The summed E-state index contributed by atoms with van der Waals surface area (Å²) in [6.07, 6.45) is 2.60. The molecule has 0 spiro atoms. The smallest absolute Gasteiger partial charge is 0.212 e. The van der Waals surface area contributed by atoms with E-state index in [-0.39, 0.29) is 30.1 Å². The van der Waals surface area contributed by atoms with Gasteiger partial charge in [-0.2, -0.15) is 4.31 Å². The Labute approximate surface area is 120 Å². The first-order valence-electron chi connectivity index (χ1n) is 7.17. The van der Waals surface area contributed by atoms with Crippen LogP contribution in [-0.2, 0) is 16.6 Å². The molecule has 112 valence electrons. The molecule has 3 nitrogen and oxygen atoms in total. The summed E-state index contributed by atoms with van der Waals surface area (Å²) in [5.74, 6) is -0.0622. The molecule has 1 aromatic carbocycles.